The van der Waals surface area contributed by atoms with Crippen LogP contribution in [0.2, 0.25) is 0 Å². The molecule has 1 atom stereocenters. The Morgan fingerprint density at radius 1 is 1.42 bits per heavy atom. The minimum absolute atomic E-state index is 0.607. The van der Waals surface area contributed by atoms with E-state index in [1.165, 1.54) is 18.4 Å². The lowest BCUT2D eigenvalue weighted by Gasteiger charge is -2.08. The van der Waals surface area contributed by atoms with Crippen LogP contribution in [0, 0.1) is 0 Å². The number of rotatable bonds is 4. The molecule has 100 valence electrons. The highest BCUT2D eigenvalue weighted by Crippen LogP contribution is 2.22. The number of hydrogen-bond acceptors (Lipinski definition) is 3. The van der Waals surface area contributed by atoms with Gasteiger partial charge in [-0.15, -0.1) is 0 Å². The normalized spacial score (nSPS) is 18.7. The second-order valence-corrected chi connectivity index (χ2v) is 4.96. The summed E-state index contributed by atoms with van der Waals surface area (Å²) < 4.78 is 7.26. The number of para-hydroxylation sites is 2. The van der Waals surface area contributed by atoms with Gasteiger partial charge in [-0.3, -0.25) is 0 Å². The maximum atomic E-state index is 5.37. The van der Waals surface area contributed by atoms with Crippen LogP contribution >= 0.6 is 0 Å². The van der Waals surface area contributed by atoms with Crippen molar-refractivity contribution in [2.24, 2.45) is 0 Å². The van der Waals surface area contributed by atoms with Crippen LogP contribution in [0.15, 0.2) is 36.7 Å². The maximum Gasteiger partial charge on any atom is 0.144 e. The van der Waals surface area contributed by atoms with Crippen molar-refractivity contribution in [3.05, 3.63) is 42.2 Å². The summed E-state index contributed by atoms with van der Waals surface area (Å²) in [7, 11) is 1.69. The van der Waals surface area contributed by atoms with Crippen molar-refractivity contribution in [1.29, 1.82) is 0 Å². The van der Waals surface area contributed by atoms with E-state index in [1.807, 2.05) is 35.1 Å². The molecule has 1 unspecified atom stereocenters. The van der Waals surface area contributed by atoms with E-state index >= 15 is 0 Å². The average molecular weight is 257 g/mol. The fourth-order valence-corrected chi connectivity index (χ4v) is 2.63. The molecule has 0 radical (unpaired) electrons. The monoisotopic (exact) mass is 257 g/mol. The van der Waals surface area contributed by atoms with E-state index in [-0.39, 0.29) is 0 Å². The van der Waals surface area contributed by atoms with Crippen LogP contribution in [0.25, 0.3) is 5.69 Å². The van der Waals surface area contributed by atoms with Gasteiger partial charge < -0.3 is 10.1 Å². The number of nitrogens with zero attached hydrogens (tertiary/aromatic N) is 2. The Hall–Kier alpha value is -1.81. The van der Waals surface area contributed by atoms with Crippen LogP contribution in [-0.4, -0.2) is 29.5 Å². The van der Waals surface area contributed by atoms with Gasteiger partial charge in [0, 0.05) is 12.2 Å². The molecule has 0 aliphatic carbocycles. The van der Waals surface area contributed by atoms with Gasteiger partial charge >= 0.3 is 0 Å². The third-order valence-corrected chi connectivity index (χ3v) is 3.61. The number of nitrogens with one attached hydrogen (secondary N) is 1. The summed E-state index contributed by atoms with van der Waals surface area (Å²) in [6.45, 7) is 1.14. The predicted octanol–water partition coefficient (Wildman–Crippen LogP) is 2.18. The number of hydrogen-bond donors (Lipinski definition) is 1. The fraction of sp³-hybridized carbons (Fsp3) is 0.400. The van der Waals surface area contributed by atoms with E-state index in [0.29, 0.717) is 6.04 Å². The number of methoxy groups -OCH3 is 1. The van der Waals surface area contributed by atoms with Gasteiger partial charge in [0.2, 0.25) is 0 Å². The Labute approximate surface area is 113 Å². The zero-order valence-corrected chi connectivity index (χ0v) is 11.2. The molecule has 0 spiro atoms. The van der Waals surface area contributed by atoms with Gasteiger partial charge in [0.05, 0.1) is 13.3 Å². The van der Waals surface area contributed by atoms with Crippen LogP contribution in [0.4, 0.5) is 0 Å². The number of aromatic nitrogens is 2. The summed E-state index contributed by atoms with van der Waals surface area (Å²) in [6, 6.07) is 8.54. The molecule has 0 saturated carbocycles. The van der Waals surface area contributed by atoms with Crippen molar-refractivity contribution in [3.8, 4) is 11.4 Å². The first-order valence-corrected chi connectivity index (χ1v) is 6.77. The number of benzene rings is 1. The molecule has 1 aromatic heterocycles. The van der Waals surface area contributed by atoms with Crippen molar-refractivity contribution in [2.45, 2.75) is 25.3 Å². The summed E-state index contributed by atoms with van der Waals surface area (Å²) in [5.74, 6) is 0.844. The maximum absolute atomic E-state index is 5.37. The minimum Gasteiger partial charge on any atom is -0.494 e. The topological polar surface area (TPSA) is 39.1 Å². The lowest BCUT2D eigenvalue weighted by molar-refractivity contribution is 0.411. The van der Waals surface area contributed by atoms with Crippen molar-refractivity contribution in [2.75, 3.05) is 13.7 Å². The van der Waals surface area contributed by atoms with Crippen LogP contribution in [0.3, 0.4) is 0 Å². The first-order valence-electron chi connectivity index (χ1n) is 6.77. The summed E-state index contributed by atoms with van der Waals surface area (Å²) >= 11 is 0. The van der Waals surface area contributed by atoms with Crippen molar-refractivity contribution >= 4 is 0 Å². The van der Waals surface area contributed by atoms with Gasteiger partial charge in [0.25, 0.3) is 0 Å². The molecule has 4 nitrogen and oxygen atoms in total. The molecule has 1 aliphatic rings. The summed E-state index contributed by atoms with van der Waals surface area (Å²) in [5.41, 5.74) is 2.25. The molecule has 1 aliphatic heterocycles. The van der Waals surface area contributed by atoms with Gasteiger partial charge in [-0.25, -0.2) is 4.68 Å². The van der Waals surface area contributed by atoms with E-state index in [4.69, 9.17) is 4.74 Å². The van der Waals surface area contributed by atoms with Gasteiger partial charge in [-0.2, -0.15) is 5.10 Å². The molecule has 2 aromatic rings. The Kier molecular flexibility index (Phi) is 3.51. The van der Waals surface area contributed by atoms with Crippen molar-refractivity contribution < 1.29 is 4.74 Å². The second-order valence-electron chi connectivity index (χ2n) is 4.96. The Morgan fingerprint density at radius 3 is 3.11 bits per heavy atom. The Balaban J connectivity index is 1.80. The van der Waals surface area contributed by atoms with Crippen LogP contribution in [0.5, 0.6) is 5.75 Å². The zero-order chi connectivity index (χ0) is 13.1. The molecule has 4 heteroatoms. The SMILES string of the molecule is COc1ccccc1-n1cc(CC2CCCN2)cn1. The van der Waals surface area contributed by atoms with Crippen LogP contribution < -0.4 is 10.1 Å². The molecule has 0 amide bonds. The van der Waals surface area contributed by atoms with E-state index in [2.05, 4.69) is 16.6 Å². The van der Waals surface area contributed by atoms with E-state index < -0.39 is 0 Å². The van der Waals surface area contributed by atoms with Crippen molar-refractivity contribution in [3.63, 3.8) is 0 Å². The minimum atomic E-state index is 0.607. The van der Waals surface area contributed by atoms with Gasteiger partial charge in [-0.05, 0) is 43.5 Å². The standard InChI is InChI=1S/C15H19N3O/c1-19-15-7-3-2-6-14(15)18-11-12(10-17-18)9-13-5-4-8-16-13/h2-3,6-7,10-11,13,16H,4-5,8-9H2,1H3. The summed E-state index contributed by atoms with van der Waals surface area (Å²) in [4.78, 5) is 0. The molecule has 1 N–H and O–H groups in total. The lowest BCUT2D eigenvalue weighted by atomic mass is 10.1. The molecule has 0 bridgehead atoms. The second kappa shape index (κ2) is 5.45. The molecule has 1 aromatic carbocycles. The smallest absolute Gasteiger partial charge is 0.144 e. The lowest BCUT2D eigenvalue weighted by Crippen LogP contribution is -2.23. The molecule has 1 fully saturated rings. The molecule has 1 saturated heterocycles. The molecular formula is C15H19N3O. The zero-order valence-electron chi connectivity index (χ0n) is 11.2. The average Bonchev–Trinajstić information content (AvgIpc) is 3.11. The van der Waals surface area contributed by atoms with E-state index in [9.17, 15) is 0 Å². The number of ether oxygens (including phenoxy) is 1. The largest absolute Gasteiger partial charge is 0.494 e. The Bertz CT molecular complexity index is 544. The van der Waals surface area contributed by atoms with Gasteiger partial charge in [0.15, 0.2) is 0 Å². The highest BCUT2D eigenvalue weighted by Gasteiger charge is 2.15. The fourth-order valence-electron chi connectivity index (χ4n) is 2.63. The van der Waals surface area contributed by atoms with Crippen molar-refractivity contribution in [1.82, 2.24) is 15.1 Å². The van der Waals surface area contributed by atoms with E-state index in [0.717, 1.165) is 24.4 Å². The third kappa shape index (κ3) is 2.63. The van der Waals surface area contributed by atoms with E-state index in [1.54, 1.807) is 7.11 Å². The molecule has 3 rings (SSSR count). The van der Waals surface area contributed by atoms with Crippen LogP contribution in [0.1, 0.15) is 18.4 Å². The highest BCUT2D eigenvalue weighted by atomic mass is 16.5. The summed E-state index contributed by atoms with van der Waals surface area (Å²) in [6.07, 6.45) is 7.64. The predicted molar refractivity (Wildman–Crippen MR) is 74.8 cm³/mol. The van der Waals surface area contributed by atoms with Crippen LogP contribution in [-0.2, 0) is 6.42 Å². The first kappa shape index (κ1) is 12.2. The molecule has 2 heterocycles. The first-order chi connectivity index (χ1) is 9.36. The summed E-state index contributed by atoms with van der Waals surface area (Å²) in [5, 5.41) is 7.96. The van der Waals surface area contributed by atoms with Gasteiger partial charge in [-0.1, -0.05) is 12.1 Å². The molecule has 19 heavy (non-hydrogen) atoms. The Morgan fingerprint density at radius 2 is 2.32 bits per heavy atom. The van der Waals surface area contributed by atoms with Gasteiger partial charge in [0.1, 0.15) is 11.4 Å². The highest BCUT2D eigenvalue weighted by molar-refractivity contribution is 5.46. The molecular weight excluding hydrogens is 238 g/mol. The quantitative estimate of drug-likeness (QED) is 0.912. The third-order valence-electron chi connectivity index (χ3n) is 3.61.